The molecule has 1 aromatic heterocycles. The molecular weight excluding hydrogens is 276 g/mol. The summed E-state index contributed by atoms with van der Waals surface area (Å²) in [4.78, 5) is 0. The van der Waals surface area contributed by atoms with Crippen LogP contribution in [0.25, 0.3) is 0 Å². The van der Waals surface area contributed by atoms with Crippen LogP contribution in [0, 0.1) is 18.6 Å². The van der Waals surface area contributed by atoms with Gasteiger partial charge in [-0.1, -0.05) is 12.1 Å². The highest BCUT2D eigenvalue weighted by Crippen LogP contribution is 2.14. The van der Waals surface area contributed by atoms with E-state index in [4.69, 9.17) is 4.74 Å². The maximum Gasteiger partial charge on any atom is 0.163 e. The summed E-state index contributed by atoms with van der Waals surface area (Å²) in [5, 5.41) is 7.56. The zero-order valence-corrected chi connectivity index (χ0v) is 12.2. The lowest BCUT2D eigenvalue weighted by Crippen LogP contribution is -2.18. The van der Waals surface area contributed by atoms with E-state index in [9.17, 15) is 8.78 Å². The quantitative estimate of drug-likeness (QED) is 0.796. The number of aryl methyl sites for hydroxylation is 1. The first-order chi connectivity index (χ1) is 10.1. The molecule has 4 nitrogen and oxygen atoms in total. The summed E-state index contributed by atoms with van der Waals surface area (Å²) in [6.45, 7) is 4.16. The topological polar surface area (TPSA) is 39.1 Å². The van der Waals surface area contributed by atoms with Gasteiger partial charge in [0.05, 0.1) is 18.8 Å². The van der Waals surface area contributed by atoms with Gasteiger partial charge in [-0.25, -0.2) is 8.78 Å². The molecule has 0 bridgehead atoms. The summed E-state index contributed by atoms with van der Waals surface area (Å²) in [6, 6.07) is 4.17. The zero-order chi connectivity index (χ0) is 15.2. The lowest BCUT2D eigenvalue weighted by Gasteiger charge is -2.04. The average molecular weight is 295 g/mol. The van der Waals surface area contributed by atoms with E-state index in [2.05, 4.69) is 10.4 Å². The Morgan fingerprint density at radius 3 is 2.86 bits per heavy atom. The third-order valence-electron chi connectivity index (χ3n) is 3.21. The first-order valence-electron chi connectivity index (χ1n) is 6.77. The Kier molecular flexibility index (Phi) is 5.41. The molecule has 0 amide bonds. The predicted molar refractivity (Wildman–Crippen MR) is 76.0 cm³/mol. The number of rotatable bonds is 7. The van der Waals surface area contributed by atoms with Crippen molar-refractivity contribution >= 4 is 0 Å². The number of hydrogen-bond acceptors (Lipinski definition) is 3. The standard InChI is InChI=1S/C15H19F2N3O/c1-11-13(8-18-6-7-21-2)10-20(19-11)9-12-4-3-5-14(16)15(12)17/h3-5,10,18H,6-9H2,1-2H3. The number of halogens is 2. The minimum atomic E-state index is -0.835. The van der Waals surface area contributed by atoms with Gasteiger partial charge >= 0.3 is 0 Å². The van der Waals surface area contributed by atoms with Crippen LogP contribution >= 0.6 is 0 Å². The maximum absolute atomic E-state index is 13.6. The molecule has 0 aliphatic carbocycles. The van der Waals surface area contributed by atoms with Crippen LogP contribution in [0.2, 0.25) is 0 Å². The van der Waals surface area contributed by atoms with Gasteiger partial charge in [-0.15, -0.1) is 0 Å². The van der Waals surface area contributed by atoms with E-state index in [1.54, 1.807) is 17.9 Å². The normalized spacial score (nSPS) is 11.0. The molecule has 0 aliphatic heterocycles. The van der Waals surface area contributed by atoms with Crippen molar-refractivity contribution in [2.75, 3.05) is 20.3 Å². The highest BCUT2D eigenvalue weighted by atomic mass is 19.2. The van der Waals surface area contributed by atoms with Crippen LogP contribution in [0.15, 0.2) is 24.4 Å². The molecule has 0 aliphatic rings. The van der Waals surface area contributed by atoms with Crippen molar-refractivity contribution in [3.63, 3.8) is 0 Å². The van der Waals surface area contributed by atoms with Crippen LogP contribution in [0.4, 0.5) is 8.78 Å². The van der Waals surface area contributed by atoms with Crippen LogP contribution in [0.5, 0.6) is 0 Å². The fourth-order valence-corrected chi connectivity index (χ4v) is 2.06. The number of nitrogens with zero attached hydrogens (tertiary/aromatic N) is 2. The van der Waals surface area contributed by atoms with E-state index in [0.29, 0.717) is 13.2 Å². The molecular formula is C15H19F2N3O. The van der Waals surface area contributed by atoms with Crippen molar-refractivity contribution in [1.82, 2.24) is 15.1 Å². The molecule has 1 heterocycles. The first kappa shape index (κ1) is 15.6. The molecule has 0 radical (unpaired) electrons. The number of aromatic nitrogens is 2. The maximum atomic E-state index is 13.6. The van der Waals surface area contributed by atoms with E-state index < -0.39 is 11.6 Å². The van der Waals surface area contributed by atoms with Crippen LogP contribution < -0.4 is 5.32 Å². The van der Waals surface area contributed by atoms with Gasteiger partial charge in [0.2, 0.25) is 0 Å². The molecule has 2 aromatic rings. The van der Waals surface area contributed by atoms with Gasteiger partial charge in [0, 0.05) is 37.5 Å². The van der Waals surface area contributed by atoms with Gasteiger partial charge in [0.1, 0.15) is 0 Å². The van der Waals surface area contributed by atoms with Gasteiger partial charge in [0.15, 0.2) is 11.6 Å². The van der Waals surface area contributed by atoms with Crippen molar-refractivity contribution in [3.8, 4) is 0 Å². The van der Waals surface area contributed by atoms with Gasteiger partial charge < -0.3 is 10.1 Å². The Labute approximate surface area is 122 Å². The number of hydrogen-bond donors (Lipinski definition) is 1. The molecule has 1 aromatic carbocycles. The second kappa shape index (κ2) is 7.28. The van der Waals surface area contributed by atoms with Gasteiger partial charge in [-0.05, 0) is 13.0 Å². The highest BCUT2D eigenvalue weighted by Gasteiger charge is 2.10. The monoisotopic (exact) mass is 295 g/mol. The van der Waals surface area contributed by atoms with Crippen LogP contribution in [-0.4, -0.2) is 30.0 Å². The molecule has 0 saturated carbocycles. The van der Waals surface area contributed by atoms with Crippen LogP contribution in [0.1, 0.15) is 16.8 Å². The molecule has 0 unspecified atom stereocenters. The van der Waals surface area contributed by atoms with Crippen molar-refractivity contribution in [2.45, 2.75) is 20.0 Å². The summed E-state index contributed by atoms with van der Waals surface area (Å²) in [5.41, 5.74) is 2.19. The summed E-state index contributed by atoms with van der Waals surface area (Å²) in [5.74, 6) is -1.65. The molecule has 1 N–H and O–H groups in total. The lowest BCUT2D eigenvalue weighted by atomic mass is 10.2. The molecule has 114 valence electrons. The average Bonchev–Trinajstić information content (AvgIpc) is 2.80. The minimum absolute atomic E-state index is 0.211. The van der Waals surface area contributed by atoms with Crippen molar-refractivity contribution in [1.29, 1.82) is 0 Å². The van der Waals surface area contributed by atoms with E-state index in [0.717, 1.165) is 23.9 Å². The molecule has 0 spiro atoms. The van der Waals surface area contributed by atoms with Crippen molar-refractivity contribution < 1.29 is 13.5 Å². The van der Waals surface area contributed by atoms with Gasteiger partial charge in [0.25, 0.3) is 0 Å². The molecule has 0 atom stereocenters. The highest BCUT2D eigenvalue weighted by molar-refractivity contribution is 5.21. The third-order valence-corrected chi connectivity index (χ3v) is 3.21. The van der Waals surface area contributed by atoms with Crippen molar-refractivity contribution in [2.24, 2.45) is 0 Å². The SMILES string of the molecule is COCCNCc1cn(Cc2cccc(F)c2F)nc1C. The molecule has 0 fully saturated rings. The minimum Gasteiger partial charge on any atom is -0.383 e. The Morgan fingerprint density at radius 1 is 1.29 bits per heavy atom. The van der Waals surface area contributed by atoms with Gasteiger partial charge in [-0.2, -0.15) is 5.10 Å². The lowest BCUT2D eigenvalue weighted by molar-refractivity contribution is 0.199. The molecule has 2 rings (SSSR count). The molecule has 6 heteroatoms. The second-order valence-corrected chi connectivity index (χ2v) is 4.82. The number of methoxy groups -OCH3 is 1. The largest absolute Gasteiger partial charge is 0.383 e. The molecule has 21 heavy (non-hydrogen) atoms. The Morgan fingerprint density at radius 2 is 2.10 bits per heavy atom. The number of benzene rings is 1. The summed E-state index contributed by atoms with van der Waals surface area (Å²) < 4.78 is 33.4. The Hall–Kier alpha value is -1.79. The Balaban J connectivity index is 2.03. The van der Waals surface area contributed by atoms with E-state index in [1.165, 1.54) is 6.07 Å². The van der Waals surface area contributed by atoms with E-state index >= 15 is 0 Å². The summed E-state index contributed by atoms with van der Waals surface area (Å²) in [7, 11) is 1.65. The summed E-state index contributed by atoms with van der Waals surface area (Å²) in [6.07, 6.45) is 1.85. The number of ether oxygens (including phenoxy) is 1. The Bertz CT molecular complexity index is 599. The predicted octanol–water partition coefficient (Wildman–Crippen LogP) is 2.25. The van der Waals surface area contributed by atoms with E-state index in [1.807, 2.05) is 13.1 Å². The van der Waals surface area contributed by atoms with Crippen molar-refractivity contribution in [3.05, 3.63) is 52.9 Å². The third kappa shape index (κ3) is 4.09. The van der Waals surface area contributed by atoms with Gasteiger partial charge in [-0.3, -0.25) is 4.68 Å². The molecule has 0 saturated heterocycles. The van der Waals surface area contributed by atoms with E-state index in [-0.39, 0.29) is 12.1 Å². The fourth-order valence-electron chi connectivity index (χ4n) is 2.06. The smallest absolute Gasteiger partial charge is 0.163 e. The summed E-state index contributed by atoms with van der Waals surface area (Å²) >= 11 is 0. The zero-order valence-electron chi connectivity index (χ0n) is 12.2. The second-order valence-electron chi connectivity index (χ2n) is 4.82. The fraction of sp³-hybridized carbons (Fsp3) is 0.400. The first-order valence-corrected chi connectivity index (χ1v) is 6.77. The van der Waals surface area contributed by atoms with Crippen LogP contribution in [-0.2, 0) is 17.8 Å². The van der Waals surface area contributed by atoms with Crippen LogP contribution in [0.3, 0.4) is 0 Å². The number of nitrogens with one attached hydrogen (secondary N) is 1.